The molecule has 0 bridgehead atoms. The Morgan fingerprint density at radius 3 is 1.92 bits per heavy atom. The Morgan fingerprint density at radius 2 is 1.17 bits per heavy atom. The highest BCUT2D eigenvalue weighted by Crippen LogP contribution is 2.34. The van der Waals surface area contributed by atoms with E-state index in [4.69, 9.17) is 0 Å². The molecule has 3 aromatic rings. The molecule has 0 N–H and O–H groups in total. The topological polar surface area (TPSA) is 0 Å². The lowest BCUT2D eigenvalue weighted by molar-refractivity contribution is 0.667. The summed E-state index contributed by atoms with van der Waals surface area (Å²) in [6.45, 7) is 2.27. The fourth-order valence-corrected chi connectivity index (χ4v) is 3.33. The van der Waals surface area contributed by atoms with Crippen molar-refractivity contribution in [3.8, 4) is 22.3 Å². The van der Waals surface area contributed by atoms with Crippen LogP contribution in [0.5, 0.6) is 0 Å². The summed E-state index contributed by atoms with van der Waals surface area (Å²) in [6, 6.07) is 28.4. The van der Waals surface area contributed by atoms with E-state index in [0.29, 0.717) is 0 Å². The van der Waals surface area contributed by atoms with Gasteiger partial charge in [-0.2, -0.15) is 0 Å². The van der Waals surface area contributed by atoms with Crippen LogP contribution in [0.15, 0.2) is 78.9 Å². The summed E-state index contributed by atoms with van der Waals surface area (Å²) < 4.78 is 0. The van der Waals surface area contributed by atoms with Crippen LogP contribution < -0.4 is 0 Å². The molecule has 0 heteroatoms. The van der Waals surface area contributed by atoms with Crippen LogP contribution in [0.1, 0.15) is 38.2 Å². The molecule has 3 aromatic carbocycles. The number of benzene rings is 3. The van der Waals surface area contributed by atoms with Crippen molar-refractivity contribution in [1.82, 2.24) is 0 Å². The summed E-state index contributed by atoms with van der Waals surface area (Å²) in [5.74, 6) is 0. The summed E-state index contributed by atoms with van der Waals surface area (Å²) in [5, 5.41) is 0. The first-order valence-electron chi connectivity index (χ1n) is 9.13. The number of hydrogen-bond acceptors (Lipinski definition) is 0. The van der Waals surface area contributed by atoms with Crippen LogP contribution in [0.4, 0.5) is 0 Å². The second-order valence-electron chi connectivity index (χ2n) is 6.38. The van der Waals surface area contributed by atoms with Gasteiger partial charge in [0.2, 0.25) is 0 Å². The Bertz CT molecular complexity index is 756. The van der Waals surface area contributed by atoms with E-state index in [9.17, 15) is 0 Å². The molecule has 0 atom stereocenters. The zero-order valence-electron chi connectivity index (χ0n) is 14.5. The van der Waals surface area contributed by atoms with Gasteiger partial charge in [-0.25, -0.2) is 0 Å². The Hall–Kier alpha value is -2.34. The molecule has 122 valence electrons. The van der Waals surface area contributed by atoms with Crippen LogP contribution in [0.3, 0.4) is 0 Å². The summed E-state index contributed by atoms with van der Waals surface area (Å²) >= 11 is 0. The lowest BCUT2D eigenvalue weighted by Crippen LogP contribution is -1.93. The second-order valence-corrected chi connectivity index (χ2v) is 6.38. The Morgan fingerprint density at radius 1 is 0.542 bits per heavy atom. The molecular formula is C24H26. The molecule has 0 aliphatic heterocycles. The van der Waals surface area contributed by atoms with Gasteiger partial charge in [-0.1, -0.05) is 105 Å². The number of aryl methyl sites for hydroxylation is 1. The van der Waals surface area contributed by atoms with Crippen LogP contribution in [0.25, 0.3) is 22.3 Å². The molecule has 0 aliphatic carbocycles. The maximum atomic E-state index is 2.29. The monoisotopic (exact) mass is 314 g/mol. The second kappa shape index (κ2) is 8.49. The third kappa shape index (κ3) is 3.94. The molecule has 0 amide bonds. The Kier molecular flexibility index (Phi) is 5.85. The zero-order chi connectivity index (χ0) is 16.6. The number of unbranched alkanes of at least 4 members (excludes halogenated alkanes) is 3. The van der Waals surface area contributed by atoms with E-state index >= 15 is 0 Å². The molecule has 3 rings (SSSR count). The summed E-state index contributed by atoms with van der Waals surface area (Å²) in [5.41, 5.74) is 6.80. The summed E-state index contributed by atoms with van der Waals surface area (Å²) in [4.78, 5) is 0. The SMILES string of the molecule is CCCCCCc1ccccc1-c1ccccc1-c1ccccc1. The molecule has 0 spiro atoms. The maximum Gasteiger partial charge on any atom is -0.0103 e. The standard InChI is InChI=1S/C24H26/c1-2-3-4-6-13-21-16-9-10-17-22(21)24-19-12-11-18-23(24)20-14-7-5-8-15-20/h5,7-12,14-19H,2-4,6,13H2,1H3. The molecule has 0 saturated heterocycles. The first-order valence-corrected chi connectivity index (χ1v) is 9.13. The molecule has 0 saturated carbocycles. The van der Waals surface area contributed by atoms with Gasteiger partial charge in [0.15, 0.2) is 0 Å². The molecule has 0 aromatic heterocycles. The van der Waals surface area contributed by atoms with Gasteiger partial charge in [0, 0.05) is 0 Å². The van der Waals surface area contributed by atoms with Crippen LogP contribution >= 0.6 is 0 Å². The fraction of sp³-hybridized carbons (Fsp3) is 0.250. The van der Waals surface area contributed by atoms with Gasteiger partial charge in [-0.15, -0.1) is 0 Å². The minimum Gasteiger partial charge on any atom is -0.0654 e. The van der Waals surface area contributed by atoms with Crippen LogP contribution in [-0.2, 0) is 6.42 Å². The van der Waals surface area contributed by atoms with E-state index in [1.165, 1.54) is 59.9 Å². The molecule has 0 nitrogen and oxygen atoms in total. The third-order valence-corrected chi connectivity index (χ3v) is 4.62. The van der Waals surface area contributed by atoms with Gasteiger partial charge in [0.05, 0.1) is 0 Å². The molecule has 0 fully saturated rings. The highest BCUT2D eigenvalue weighted by molar-refractivity contribution is 5.84. The Labute approximate surface area is 146 Å². The highest BCUT2D eigenvalue weighted by atomic mass is 14.1. The smallest absolute Gasteiger partial charge is 0.0103 e. The summed E-state index contributed by atoms with van der Waals surface area (Å²) in [6.07, 6.45) is 6.39. The van der Waals surface area contributed by atoms with Crippen LogP contribution in [0, 0.1) is 0 Å². The predicted octanol–water partition coefficient (Wildman–Crippen LogP) is 7.14. The maximum absolute atomic E-state index is 2.29. The van der Waals surface area contributed by atoms with Crippen molar-refractivity contribution in [2.75, 3.05) is 0 Å². The van der Waals surface area contributed by atoms with E-state index < -0.39 is 0 Å². The quantitative estimate of drug-likeness (QED) is 0.406. The van der Waals surface area contributed by atoms with E-state index in [-0.39, 0.29) is 0 Å². The van der Waals surface area contributed by atoms with Gasteiger partial charge in [0.25, 0.3) is 0 Å². The van der Waals surface area contributed by atoms with Gasteiger partial charge in [0.1, 0.15) is 0 Å². The average Bonchev–Trinajstić information content (AvgIpc) is 2.66. The number of rotatable bonds is 7. The van der Waals surface area contributed by atoms with Crippen LogP contribution in [0.2, 0.25) is 0 Å². The normalized spacial score (nSPS) is 10.7. The van der Waals surface area contributed by atoms with Crippen molar-refractivity contribution in [1.29, 1.82) is 0 Å². The first kappa shape index (κ1) is 16.5. The third-order valence-electron chi connectivity index (χ3n) is 4.62. The van der Waals surface area contributed by atoms with Gasteiger partial charge in [-0.05, 0) is 40.7 Å². The minimum absolute atomic E-state index is 1.17. The van der Waals surface area contributed by atoms with Crippen molar-refractivity contribution < 1.29 is 0 Å². The lowest BCUT2D eigenvalue weighted by Gasteiger charge is -2.14. The highest BCUT2D eigenvalue weighted by Gasteiger charge is 2.10. The van der Waals surface area contributed by atoms with Crippen molar-refractivity contribution in [2.45, 2.75) is 39.0 Å². The molecule has 0 unspecified atom stereocenters. The molecule has 0 heterocycles. The van der Waals surface area contributed by atoms with E-state index in [2.05, 4.69) is 85.8 Å². The first-order chi connectivity index (χ1) is 11.9. The van der Waals surface area contributed by atoms with Gasteiger partial charge < -0.3 is 0 Å². The zero-order valence-corrected chi connectivity index (χ0v) is 14.5. The minimum atomic E-state index is 1.17. The molecular weight excluding hydrogens is 288 g/mol. The van der Waals surface area contributed by atoms with Crippen molar-refractivity contribution in [3.05, 3.63) is 84.4 Å². The summed E-state index contributed by atoms with van der Waals surface area (Å²) in [7, 11) is 0. The Balaban J connectivity index is 1.95. The van der Waals surface area contributed by atoms with Crippen molar-refractivity contribution in [3.63, 3.8) is 0 Å². The van der Waals surface area contributed by atoms with Crippen LogP contribution in [-0.4, -0.2) is 0 Å². The van der Waals surface area contributed by atoms with E-state index in [1.54, 1.807) is 0 Å². The van der Waals surface area contributed by atoms with Gasteiger partial charge >= 0.3 is 0 Å². The predicted molar refractivity (Wildman–Crippen MR) is 105 cm³/mol. The van der Waals surface area contributed by atoms with Gasteiger partial charge in [-0.3, -0.25) is 0 Å². The number of hydrogen-bond donors (Lipinski definition) is 0. The van der Waals surface area contributed by atoms with Crippen molar-refractivity contribution >= 4 is 0 Å². The van der Waals surface area contributed by atoms with E-state index in [0.717, 1.165) is 0 Å². The van der Waals surface area contributed by atoms with E-state index in [1.807, 2.05) is 0 Å². The average molecular weight is 314 g/mol. The fourth-order valence-electron chi connectivity index (χ4n) is 3.33. The molecule has 24 heavy (non-hydrogen) atoms. The molecule has 0 radical (unpaired) electrons. The largest absolute Gasteiger partial charge is 0.0654 e. The van der Waals surface area contributed by atoms with Crippen molar-refractivity contribution in [2.24, 2.45) is 0 Å². The molecule has 0 aliphatic rings. The lowest BCUT2D eigenvalue weighted by atomic mass is 9.90.